The Kier molecular flexibility index (Phi) is 14.3. The molecule has 1 fully saturated rings. The lowest BCUT2D eigenvalue weighted by molar-refractivity contribution is -0.185. The van der Waals surface area contributed by atoms with E-state index < -0.39 is 95.1 Å². The molecule has 1 aromatic heterocycles. The van der Waals surface area contributed by atoms with E-state index in [0.717, 1.165) is 6.92 Å². The molecule has 9 atom stereocenters. The quantitative estimate of drug-likeness (QED) is 0.183. The molecule has 0 radical (unpaired) electrons. The van der Waals surface area contributed by atoms with Gasteiger partial charge in [-0.3, -0.25) is 24.2 Å². The van der Waals surface area contributed by atoms with Gasteiger partial charge in [0, 0.05) is 64.1 Å². The summed E-state index contributed by atoms with van der Waals surface area (Å²) in [7, 11) is 0. The monoisotopic (exact) mass is 743 g/mol. The van der Waals surface area contributed by atoms with E-state index in [2.05, 4.69) is 11.6 Å². The number of carbonyl (C=O) groups excluding carboxylic acids is 5. The molecule has 13 heteroatoms. The summed E-state index contributed by atoms with van der Waals surface area (Å²) >= 11 is 0. The molecule has 0 saturated heterocycles. The number of aromatic nitrogens is 1. The molecule has 0 aromatic carbocycles. The van der Waals surface area contributed by atoms with E-state index in [4.69, 9.17) is 28.4 Å². The van der Waals surface area contributed by atoms with Gasteiger partial charge >= 0.3 is 23.9 Å². The molecular formula is C40H57NO12. The zero-order chi connectivity index (χ0) is 40.1. The van der Waals surface area contributed by atoms with Crippen LogP contribution in [0.15, 0.2) is 48.8 Å². The Labute approximate surface area is 312 Å². The second-order valence-electron chi connectivity index (χ2n) is 15.9. The Morgan fingerprint density at radius 3 is 2.04 bits per heavy atom. The molecule has 1 heterocycles. The highest BCUT2D eigenvalue weighted by atomic mass is 16.6. The number of aliphatic hydroxyl groups is 1. The molecule has 2 aliphatic rings. The van der Waals surface area contributed by atoms with Gasteiger partial charge in [-0.15, -0.1) is 0 Å². The van der Waals surface area contributed by atoms with Crippen LogP contribution in [0.4, 0.5) is 0 Å². The minimum atomic E-state index is -2.31. The summed E-state index contributed by atoms with van der Waals surface area (Å²) in [6, 6.07) is 3.10. The maximum Gasteiger partial charge on any atom is 0.340 e. The first-order valence-corrected chi connectivity index (χ1v) is 18.1. The van der Waals surface area contributed by atoms with Crippen LogP contribution < -0.4 is 0 Å². The summed E-state index contributed by atoms with van der Waals surface area (Å²) in [5.74, 6) is -6.12. The molecule has 2 unspecified atom stereocenters. The third kappa shape index (κ3) is 10.4. The number of rotatable bonds is 11. The Morgan fingerprint density at radius 1 is 0.906 bits per heavy atom. The first-order valence-electron chi connectivity index (χ1n) is 18.1. The third-order valence-corrected chi connectivity index (χ3v) is 9.46. The van der Waals surface area contributed by atoms with E-state index in [1.165, 1.54) is 32.3 Å². The van der Waals surface area contributed by atoms with Crippen molar-refractivity contribution in [3.63, 3.8) is 0 Å². The maximum absolute atomic E-state index is 14.7. The summed E-state index contributed by atoms with van der Waals surface area (Å²) in [5.41, 5.74) is -4.94. The van der Waals surface area contributed by atoms with Crippen molar-refractivity contribution in [2.75, 3.05) is 13.2 Å². The highest BCUT2D eigenvalue weighted by Crippen LogP contribution is 2.52. The molecular weight excluding hydrogens is 686 g/mol. The average Bonchev–Trinajstić information content (AvgIpc) is 3.27. The summed E-state index contributed by atoms with van der Waals surface area (Å²) < 4.78 is 37.0. The smallest absolute Gasteiger partial charge is 0.340 e. The maximum atomic E-state index is 14.7. The standard InChI is InChI=1S/C40H57NO12/c1-22(2)19-48-32-25(6)31(50-26(7)42)30-35(49-20-23(3)4)39(12,53-28(9)44)21-40(30,47)34(45)24(5)15-16-38(10,11)36(33(32)51-27(8)43)52-37(46)29-14-13-17-41-18-29/h13-18,22-24,30-33,35-36,47H,6,19-21H2,1-5,7-12H3/b16-15-/t24-,30-,31?,32+,33-,35-,36?,39-,40-/m1/s1. The van der Waals surface area contributed by atoms with Crippen molar-refractivity contribution < 1.29 is 57.5 Å². The molecule has 294 valence electrons. The highest BCUT2D eigenvalue weighted by molar-refractivity contribution is 5.92. The topological polar surface area (TPSA) is 174 Å². The fourth-order valence-electron chi connectivity index (χ4n) is 7.22. The molecule has 1 aromatic rings. The SMILES string of the molecule is C=C1C(OC(C)=O)[C@@H]2[C@@H](OCC(C)C)[C@](C)(OC(C)=O)C[C@]2(O)C(=O)[C@H](C)/C=C\C(C)(C)C(OC(=O)c2cccnc2)[C@H](OC(C)=O)[C@H]1OCC(C)C. The molecule has 53 heavy (non-hydrogen) atoms. The molecule has 0 bridgehead atoms. The summed E-state index contributed by atoms with van der Waals surface area (Å²) in [6.45, 7) is 22.3. The largest absolute Gasteiger partial charge is 0.457 e. The van der Waals surface area contributed by atoms with E-state index in [0.29, 0.717) is 0 Å². The zero-order valence-electron chi connectivity index (χ0n) is 32.9. The molecule has 0 spiro atoms. The Bertz CT molecular complexity index is 1540. The number of ketones is 1. The molecule has 2 aliphatic carbocycles. The van der Waals surface area contributed by atoms with Crippen LogP contribution in [0.2, 0.25) is 0 Å². The van der Waals surface area contributed by atoms with Crippen LogP contribution in [0.5, 0.6) is 0 Å². The van der Waals surface area contributed by atoms with Crippen LogP contribution in [0.3, 0.4) is 0 Å². The normalized spacial score (nSPS) is 32.2. The fraction of sp³-hybridized carbons (Fsp3) is 0.650. The highest BCUT2D eigenvalue weighted by Gasteiger charge is 2.68. The number of Topliss-reactive ketones (excluding diaryl/α,β-unsaturated/α-hetero) is 1. The molecule has 0 amide bonds. The number of carbonyl (C=O) groups is 5. The molecule has 1 N–H and O–H groups in total. The van der Waals surface area contributed by atoms with E-state index in [1.54, 1.807) is 45.9 Å². The van der Waals surface area contributed by atoms with Crippen molar-refractivity contribution in [1.82, 2.24) is 4.98 Å². The number of pyridine rings is 1. The first kappa shape index (κ1) is 43.5. The second kappa shape index (κ2) is 17.5. The summed E-state index contributed by atoms with van der Waals surface area (Å²) in [4.78, 5) is 70.9. The predicted molar refractivity (Wildman–Crippen MR) is 193 cm³/mol. The number of ether oxygens (including phenoxy) is 6. The molecule has 3 rings (SSSR count). The van der Waals surface area contributed by atoms with Gasteiger partial charge in [0.25, 0.3) is 0 Å². The number of hydrogen-bond acceptors (Lipinski definition) is 13. The van der Waals surface area contributed by atoms with Gasteiger partial charge in [-0.05, 0) is 36.5 Å². The van der Waals surface area contributed by atoms with Crippen molar-refractivity contribution >= 4 is 29.7 Å². The number of nitrogens with zero attached hydrogens (tertiary/aromatic N) is 1. The van der Waals surface area contributed by atoms with Crippen LogP contribution >= 0.6 is 0 Å². The van der Waals surface area contributed by atoms with Crippen molar-refractivity contribution in [3.8, 4) is 0 Å². The minimum Gasteiger partial charge on any atom is -0.457 e. The van der Waals surface area contributed by atoms with Gasteiger partial charge in [-0.1, -0.05) is 67.2 Å². The lowest BCUT2D eigenvalue weighted by atomic mass is 9.72. The van der Waals surface area contributed by atoms with E-state index >= 15 is 0 Å². The lowest BCUT2D eigenvalue weighted by Gasteiger charge is -2.44. The summed E-state index contributed by atoms with van der Waals surface area (Å²) in [6.07, 6.45) is -1.13. The van der Waals surface area contributed by atoms with Gasteiger partial charge in [0.05, 0.1) is 11.5 Å². The van der Waals surface area contributed by atoms with Gasteiger partial charge in [-0.25, -0.2) is 4.79 Å². The van der Waals surface area contributed by atoms with Crippen molar-refractivity contribution in [3.05, 3.63) is 54.4 Å². The minimum absolute atomic E-state index is 0.0102. The number of hydrogen-bond donors (Lipinski definition) is 1. The predicted octanol–water partition coefficient (Wildman–Crippen LogP) is 4.98. The van der Waals surface area contributed by atoms with Crippen LogP contribution in [0, 0.1) is 29.1 Å². The zero-order valence-corrected chi connectivity index (χ0v) is 32.9. The number of fused-ring (bicyclic) bond motifs is 1. The Morgan fingerprint density at radius 2 is 1.51 bits per heavy atom. The second-order valence-corrected chi connectivity index (χ2v) is 15.9. The fourth-order valence-corrected chi connectivity index (χ4v) is 7.22. The Balaban J connectivity index is 2.45. The van der Waals surface area contributed by atoms with Crippen LogP contribution in [-0.4, -0.2) is 94.7 Å². The Hall–Kier alpha value is -3.94. The molecule has 13 nitrogen and oxygen atoms in total. The van der Waals surface area contributed by atoms with Crippen molar-refractivity contribution in [2.45, 2.75) is 124 Å². The third-order valence-electron chi connectivity index (χ3n) is 9.46. The summed E-state index contributed by atoms with van der Waals surface area (Å²) in [5, 5.41) is 12.8. The van der Waals surface area contributed by atoms with E-state index in [-0.39, 0.29) is 36.2 Å². The van der Waals surface area contributed by atoms with Crippen molar-refractivity contribution in [2.24, 2.45) is 29.1 Å². The molecule has 1 saturated carbocycles. The average molecular weight is 744 g/mol. The first-order chi connectivity index (χ1) is 24.5. The van der Waals surface area contributed by atoms with Crippen LogP contribution in [0.1, 0.15) is 92.9 Å². The van der Waals surface area contributed by atoms with Gasteiger partial charge in [0.1, 0.15) is 29.5 Å². The number of allylic oxidation sites excluding steroid dienone is 1. The van der Waals surface area contributed by atoms with Gasteiger partial charge in [-0.2, -0.15) is 0 Å². The molecule has 0 aliphatic heterocycles. The van der Waals surface area contributed by atoms with Crippen molar-refractivity contribution in [1.29, 1.82) is 0 Å². The van der Waals surface area contributed by atoms with Gasteiger partial charge in [0.15, 0.2) is 18.0 Å². The van der Waals surface area contributed by atoms with Gasteiger partial charge in [0.2, 0.25) is 0 Å². The van der Waals surface area contributed by atoms with E-state index in [9.17, 15) is 29.1 Å². The van der Waals surface area contributed by atoms with Gasteiger partial charge < -0.3 is 33.5 Å². The number of esters is 4. The van der Waals surface area contributed by atoms with E-state index in [1.807, 2.05) is 27.7 Å². The van der Waals surface area contributed by atoms with Crippen LogP contribution in [-0.2, 0) is 47.6 Å². The lowest BCUT2D eigenvalue weighted by Crippen LogP contribution is -2.58. The van der Waals surface area contributed by atoms with Crippen LogP contribution in [0.25, 0.3) is 0 Å².